The molecule has 0 bridgehead atoms. The van der Waals surface area contributed by atoms with Gasteiger partial charge in [0.1, 0.15) is 6.61 Å². The second kappa shape index (κ2) is 6.45. The number of halogens is 1. The first-order chi connectivity index (χ1) is 10.2. The van der Waals surface area contributed by atoms with E-state index in [4.69, 9.17) is 20.8 Å². The van der Waals surface area contributed by atoms with Crippen LogP contribution >= 0.6 is 11.6 Å². The van der Waals surface area contributed by atoms with E-state index in [0.29, 0.717) is 23.6 Å². The Labute approximate surface area is 128 Å². The van der Waals surface area contributed by atoms with Crippen molar-refractivity contribution in [1.82, 2.24) is 15.1 Å². The zero-order valence-corrected chi connectivity index (χ0v) is 12.7. The third-order valence-corrected chi connectivity index (χ3v) is 4.07. The van der Waals surface area contributed by atoms with Crippen LogP contribution in [-0.2, 0) is 0 Å². The van der Waals surface area contributed by atoms with E-state index >= 15 is 0 Å². The number of piperidine rings is 1. The summed E-state index contributed by atoms with van der Waals surface area (Å²) in [6, 6.07) is 7.69. The SMILES string of the molecule is CN1CCCCC1COc1nnc(-c2ccc(Cl)cc2)o1. The third kappa shape index (κ3) is 3.54. The monoisotopic (exact) mass is 307 g/mol. The lowest BCUT2D eigenvalue weighted by atomic mass is 10.0. The average molecular weight is 308 g/mol. The molecule has 1 aromatic carbocycles. The Morgan fingerprint density at radius 2 is 2.10 bits per heavy atom. The lowest BCUT2D eigenvalue weighted by molar-refractivity contribution is 0.107. The molecule has 0 amide bonds. The highest BCUT2D eigenvalue weighted by Crippen LogP contribution is 2.23. The molecule has 1 aliphatic rings. The second-order valence-corrected chi connectivity index (χ2v) is 5.76. The van der Waals surface area contributed by atoms with Crippen LogP contribution in [0.3, 0.4) is 0 Å². The molecule has 1 atom stereocenters. The minimum absolute atomic E-state index is 0.221. The maximum Gasteiger partial charge on any atom is 0.414 e. The van der Waals surface area contributed by atoms with Crippen LogP contribution in [0.4, 0.5) is 0 Å². The van der Waals surface area contributed by atoms with Crippen LogP contribution in [0, 0.1) is 0 Å². The van der Waals surface area contributed by atoms with Crippen LogP contribution in [0.5, 0.6) is 6.08 Å². The molecule has 1 fully saturated rings. The second-order valence-electron chi connectivity index (χ2n) is 5.32. The molecular weight excluding hydrogens is 290 g/mol. The van der Waals surface area contributed by atoms with Gasteiger partial charge in [0.15, 0.2) is 0 Å². The van der Waals surface area contributed by atoms with Crippen LogP contribution < -0.4 is 4.74 Å². The number of hydrogen-bond donors (Lipinski definition) is 0. The van der Waals surface area contributed by atoms with Gasteiger partial charge >= 0.3 is 6.08 Å². The summed E-state index contributed by atoms with van der Waals surface area (Å²) in [5.74, 6) is 0.443. The van der Waals surface area contributed by atoms with Crippen LogP contribution in [0.1, 0.15) is 19.3 Å². The van der Waals surface area contributed by atoms with Crippen molar-refractivity contribution in [3.63, 3.8) is 0 Å². The molecule has 21 heavy (non-hydrogen) atoms. The highest BCUT2D eigenvalue weighted by molar-refractivity contribution is 6.30. The number of hydrogen-bond acceptors (Lipinski definition) is 5. The molecule has 1 aliphatic heterocycles. The first-order valence-corrected chi connectivity index (χ1v) is 7.52. The molecule has 1 unspecified atom stereocenters. The lowest BCUT2D eigenvalue weighted by Crippen LogP contribution is -2.40. The molecule has 0 spiro atoms. The van der Waals surface area contributed by atoms with Crippen LogP contribution in [0.15, 0.2) is 28.7 Å². The number of likely N-dealkylation sites (N-methyl/N-ethyl adjacent to an activating group) is 1. The molecule has 3 rings (SSSR count). The Kier molecular flexibility index (Phi) is 4.41. The van der Waals surface area contributed by atoms with Gasteiger partial charge in [0.25, 0.3) is 5.89 Å². The first kappa shape index (κ1) is 14.4. The number of likely N-dealkylation sites (tertiary alicyclic amines) is 1. The minimum atomic E-state index is 0.221. The molecule has 112 valence electrons. The molecule has 6 heteroatoms. The van der Waals surface area contributed by atoms with E-state index in [9.17, 15) is 0 Å². The summed E-state index contributed by atoms with van der Waals surface area (Å²) in [6.45, 7) is 1.70. The highest BCUT2D eigenvalue weighted by atomic mass is 35.5. The molecule has 1 aromatic heterocycles. The Morgan fingerprint density at radius 1 is 1.29 bits per heavy atom. The maximum absolute atomic E-state index is 5.86. The van der Waals surface area contributed by atoms with Gasteiger partial charge in [0.05, 0.1) is 0 Å². The van der Waals surface area contributed by atoms with Crippen LogP contribution in [0.2, 0.25) is 5.02 Å². The summed E-state index contributed by atoms with van der Waals surface area (Å²) >= 11 is 5.86. The average Bonchev–Trinajstić information content (AvgIpc) is 2.96. The fourth-order valence-corrected chi connectivity index (χ4v) is 2.63. The van der Waals surface area contributed by atoms with Gasteiger partial charge in [-0.05, 0) is 50.7 Å². The first-order valence-electron chi connectivity index (χ1n) is 7.15. The molecule has 0 radical (unpaired) electrons. The van der Waals surface area contributed by atoms with E-state index in [1.165, 1.54) is 12.8 Å². The van der Waals surface area contributed by atoms with E-state index in [1.54, 1.807) is 12.1 Å². The van der Waals surface area contributed by atoms with E-state index in [1.807, 2.05) is 12.1 Å². The number of rotatable bonds is 4. The molecular formula is C15H18ClN3O2. The van der Waals surface area contributed by atoms with E-state index in [0.717, 1.165) is 18.5 Å². The lowest BCUT2D eigenvalue weighted by Gasteiger charge is -2.31. The molecule has 2 aromatic rings. The molecule has 0 N–H and O–H groups in total. The van der Waals surface area contributed by atoms with Crippen molar-refractivity contribution >= 4 is 11.6 Å². The Bertz CT molecular complexity index is 585. The molecule has 2 heterocycles. The Hall–Kier alpha value is -1.59. The molecule has 1 saturated heterocycles. The number of ether oxygens (including phenoxy) is 1. The van der Waals surface area contributed by atoms with Gasteiger partial charge in [-0.2, -0.15) is 0 Å². The minimum Gasteiger partial charge on any atom is -0.447 e. The third-order valence-electron chi connectivity index (χ3n) is 3.82. The predicted octanol–water partition coefficient (Wildman–Crippen LogP) is 3.25. The van der Waals surface area contributed by atoms with Gasteiger partial charge in [-0.3, -0.25) is 0 Å². The summed E-state index contributed by atoms with van der Waals surface area (Å²) in [7, 11) is 2.13. The van der Waals surface area contributed by atoms with E-state index < -0.39 is 0 Å². The predicted molar refractivity (Wildman–Crippen MR) is 80.5 cm³/mol. The van der Waals surface area contributed by atoms with Gasteiger partial charge in [0.2, 0.25) is 0 Å². The smallest absolute Gasteiger partial charge is 0.414 e. The van der Waals surface area contributed by atoms with Gasteiger partial charge in [0, 0.05) is 16.6 Å². The number of nitrogens with zero attached hydrogens (tertiary/aromatic N) is 3. The van der Waals surface area contributed by atoms with Crippen molar-refractivity contribution in [2.45, 2.75) is 25.3 Å². The Morgan fingerprint density at radius 3 is 2.86 bits per heavy atom. The molecule has 5 nitrogen and oxygen atoms in total. The number of aromatic nitrogens is 2. The zero-order valence-electron chi connectivity index (χ0n) is 12.0. The Balaban J connectivity index is 1.61. The van der Waals surface area contributed by atoms with Crippen LogP contribution in [0.25, 0.3) is 11.5 Å². The fraction of sp³-hybridized carbons (Fsp3) is 0.467. The number of benzene rings is 1. The summed E-state index contributed by atoms with van der Waals surface area (Å²) in [4.78, 5) is 2.32. The van der Waals surface area contributed by atoms with Crippen molar-refractivity contribution in [3.8, 4) is 17.5 Å². The topological polar surface area (TPSA) is 51.4 Å². The summed E-state index contributed by atoms with van der Waals surface area (Å²) in [6.07, 6.45) is 3.88. The van der Waals surface area contributed by atoms with Crippen molar-refractivity contribution in [1.29, 1.82) is 0 Å². The van der Waals surface area contributed by atoms with E-state index in [-0.39, 0.29) is 6.08 Å². The van der Waals surface area contributed by atoms with Gasteiger partial charge in [-0.15, -0.1) is 5.10 Å². The van der Waals surface area contributed by atoms with Crippen molar-refractivity contribution < 1.29 is 9.15 Å². The van der Waals surface area contributed by atoms with E-state index in [2.05, 4.69) is 22.1 Å². The molecule has 0 saturated carbocycles. The maximum atomic E-state index is 5.86. The van der Waals surface area contributed by atoms with Crippen molar-refractivity contribution in [2.75, 3.05) is 20.2 Å². The van der Waals surface area contributed by atoms with Gasteiger partial charge in [-0.25, -0.2) is 0 Å². The van der Waals surface area contributed by atoms with Crippen molar-refractivity contribution in [2.24, 2.45) is 0 Å². The molecule has 0 aliphatic carbocycles. The fourth-order valence-electron chi connectivity index (χ4n) is 2.50. The van der Waals surface area contributed by atoms with Gasteiger partial charge < -0.3 is 14.1 Å². The van der Waals surface area contributed by atoms with Crippen LogP contribution in [-0.4, -0.2) is 41.3 Å². The quantitative estimate of drug-likeness (QED) is 0.868. The largest absolute Gasteiger partial charge is 0.447 e. The standard InChI is InChI=1S/C15H18ClN3O2/c1-19-9-3-2-4-13(19)10-20-15-18-17-14(21-15)11-5-7-12(16)8-6-11/h5-8,13H,2-4,9-10H2,1H3. The highest BCUT2D eigenvalue weighted by Gasteiger charge is 2.20. The normalized spacial score (nSPS) is 19.6. The zero-order chi connectivity index (χ0) is 14.7. The summed E-state index contributed by atoms with van der Waals surface area (Å²) in [5, 5.41) is 8.61. The summed E-state index contributed by atoms with van der Waals surface area (Å²) < 4.78 is 11.2. The van der Waals surface area contributed by atoms with Crippen molar-refractivity contribution in [3.05, 3.63) is 29.3 Å². The van der Waals surface area contributed by atoms with Gasteiger partial charge in [-0.1, -0.05) is 23.1 Å². The summed E-state index contributed by atoms with van der Waals surface area (Å²) in [5.41, 5.74) is 0.830.